The third-order valence-corrected chi connectivity index (χ3v) is 3.60. The summed E-state index contributed by atoms with van der Waals surface area (Å²) in [5, 5.41) is 0.333. The number of hydrogen-bond acceptors (Lipinski definition) is 3. The maximum absolute atomic E-state index is 12.1. The van der Waals surface area contributed by atoms with Gasteiger partial charge in [-0.25, -0.2) is 4.79 Å². The Morgan fingerprint density at radius 3 is 2.52 bits per heavy atom. The van der Waals surface area contributed by atoms with Gasteiger partial charge in [0.25, 0.3) is 5.24 Å². The third kappa shape index (κ3) is 2.48. The molecule has 0 aliphatic carbocycles. The molecular weight excluding hydrogens is 288 g/mol. The van der Waals surface area contributed by atoms with E-state index in [9.17, 15) is 9.59 Å². The van der Waals surface area contributed by atoms with Gasteiger partial charge in [0.1, 0.15) is 5.58 Å². The Morgan fingerprint density at radius 1 is 1.05 bits per heavy atom. The predicted octanol–water partition coefficient (Wildman–Crippen LogP) is 4.15. The van der Waals surface area contributed by atoms with E-state index in [1.165, 1.54) is 0 Å². The van der Waals surface area contributed by atoms with Gasteiger partial charge in [-0.2, -0.15) is 0 Å². The average molecular weight is 299 g/mol. The van der Waals surface area contributed by atoms with Crippen LogP contribution in [0.2, 0.25) is 0 Å². The molecule has 0 radical (unpaired) electrons. The molecule has 0 aliphatic rings. The third-order valence-electron chi connectivity index (χ3n) is 3.38. The molecule has 0 fully saturated rings. The van der Waals surface area contributed by atoms with Crippen LogP contribution in [0, 0.1) is 6.92 Å². The summed E-state index contributed by atoms with van der Waals surface area (Å²) < 4.78 is 5.33. The van der Waals surface area contributed by atoms with E-state index in [0.717, 1.165) is 16.5 Å². The van der Waals surface area contributed by atoms with Crippen molar-refractivity contribution in [3.63, 3.8) is 0 Å². The van der Waals surface area contributed by atoms with Gasteiger partial charge in [0.15, 0.2) is 0 Å². The van der Waals surface area contributed by atoms with Crippen LogP contribution in [0.5, 0.6) is 0 Å². The van der Waals surface area contributed by atoms with Crippen molar-refractivity contribution in [2.75, 3.05) is 0 Å². The molecule has 3 nitrogen and oxygen atoms in total. The lowest BCUT2D eigenvalue weighted by Gasteiger charge is -2.07. The Bertz CT molecular complexity index is 909. The quantitative estimate of drug-likeness (QED) is 0.527. The zero-order valence-electron chi connectivity index (χ0n) is 11.2. The molecule has 3 rings (SSSR count). The van der Waals surface area contributed by atoms with Crippen molar-refractivity contribution in [3.05, 3.63) is 70.1 Å². The number of fused-ring (bicyclic) bond motifs is 1. The molecular formula is C17H11ClO3. The number of rotatable bonds is 2. The summed E-state index contributed by atoms with van der Waals surface area (Å²) in [4.78, 5) is 23.3. The lowest BCUT2D eigenvalue weighted by atomic mass is 9.99. The summed E-state index contributed by atoms with van der Waals surface area (Å²) >= 11 is 5.46. The first-order valence-corrected chi connectivity index (χ1v) is 6.78. The molecule has 0 unspecified atom stereocenters. The molecule has 0 bridgehead atoms. The standard InChI is InChI=1S/C17H11ClO3/c1-10-8-12(16(18)19)6-7-13(10)14-9-11-4-2-3-5-15(11)21-17(14)20/h2-9H,1H3. The molecule has 1 heterocycles. The first-order valence-electron chi connectivity index (χ1n) is 6.40. The summed E-state index contributed by atoms with van der Waals surface area (Å²) in [5.41, 5.74) is 2.56. The maximum Gasteiger partial charge on any atom is 0.344 e. The van der Waals surface area contributed by atoms with Crippen LogP contribution in [-0.2, 0) is 0 Å². The van der Waals surface area contributed by atoms with Crippen LogP contribution in [-0.4, -0.2) is 5.24 Å². The zero-order valence-corrected chi connectivity index (χ0v) is 12.0. The Morgan fingerprint density at radius 2 is 1.81 bits per heavy atom. The molecule has 0 saturated heterocycles. The van der Waals surface area contributed by atoms with Crippen LogP contribution in [0.3, 0.4) is 0 Å². The van der Waals surface area contributed by atoms with Gasteiger partial charge in [-0.3, -0.25) is 4.79 Å². The minimum absolute atomic E-state index is 0.401. The van der Waals surface area contributed by atoms with E-state index >= 15 is 0 Å². The molecule has 0 aliphatic heterocycles. The lowest BCUT2D eigenvalue weighted by Crippen LogP contribution is -2.04. The monoisotopic (exact) mass is 298 g/mol. The van der Waals surface area contributed by atoms with Crippen molar-refractivity contribution in [2.24, 2.45) is 0 Å². The van der Waals surface area contributed by atoms with Crippen LogP contribution < -0.4 is 5.63 Å². The van der Waals surface area contributed by atoms with E-state index in [2.05, 4.69) is 0 Å². The largest absolute Gasteiger partial charge is 0.422 e. The SMILES string of the molecule is Cc1cc(C(=O)Cl)ccc1-c1cc2ccccc2oc1=O. The molecule has 0 N–H and O–H groups in total. The van der Waals surface area contributed by atoms with Gasteiger partial charge < -0.3 is 4.42 Å². The number of benzene rings is 2. The van der Waals surface area contributed by atoms with Crippen LogP contribution >= 0.6 is 11.6 Å². The number of halogens is 1. The van der Waals surface area contributed by atoms with Crippen LogP contribution in [0.1, 0.15) is 15.9 Å². The van der Waals surface area contributed by atoms with E-state index in [0.29, 0.717) is 16.7 Å². The van der Waals surface area contributed by atoms with Gasteiger partial charge in [-0.1, -0.05) is 24.3 Å². The van der Waals surface area contributed by atoms with Crippen molar-refractivity contribution >= 4 is 27.8 Å². The molecule has 3 aromatic rings. The summed E-state index contributed by atoms with van der Waals surface area (Å²) in [7, 11) is 0. The Balaban J connectivity index is 2.23. The van der Waals surface area contributed by atoms with E-state index in [1.807, 2.05) is 25.1 Å². The average Bonchev–Trinajstić information content (AvgIpc) is 2.46. The molecule has 104 valence electrons. The highest BCUT2D eigenvalue weighted by Crippen LogP contribution is 2.25. The van der Waals surface area contributed by atoms with Gasteiger partial charge in [0.2, 0.25) is 0 Å². The number of hydrogen-bond donors (Lipinski definition) is 0. The predicted molar refractivity (Wildman–Crippen MR) is 82.8 cm³/mol. The van der Waals surface area contributed by atoms with Gasteiger partial charge in [-0.05, 0) is 53.9 Å². The second-order valence-electron chi connectivity index (χ2n) is 4.79. The Kier molecular flexibility index (Phi) is 3.35. The second kappa shape index (κ2) is 5.19. The lowest BCUT2D eigenvalue weighted by molar-refractivity contribution is 0.108. The molecule has 4 heteroatoms. The number of para-hydroxylation sites is 1. The van der Waals surface area contributed by atoms with Crippen molar-refractivity contribution in [2.45, 2.75) is 6.92 Å². The molecule has 21 heavy (non-hydrogen) atoms. The van der Waals surface area contributed by atoms with E-state index in [4.69, 9.17) is 16.0 Å². The van der Waals surface area contributed by atoms with Crippen molar-refractivity contribution in [1.29, 1.82) is 0 Å². The molecule has 0 atom stereocenters. The molecule has 0 saturated carbocycles. The number of aryl methyl sites for hydroxylation is 1. The first-order chi connectivity index (χ1) is 10.1. The molecule has 0 amide bonds. The minimum Gasteiger partial charge on any atom is -0.422 e. The molecule has 2 aromatic carbocycles. The smallest absolute Gasteiger partial charge is 0.344 e. The fourth-order valence-electron chi connectivity index (χ4n) is 2.34. The topological polar surface area (TPSA) is 47.3 Å². The number of carbonyl (C=O) groups excluding carboxylic acids is 1. The second-order valence-corrected chi connectivity index (χ2v) is 5.13. The fourth-order valence-corrected chi connectivity index (χ4v) is 2.46. The number of carbonyl (C=O) groups is 1. The van der Waals surface area contributed by atoms with Crippen molar-refractivity contribution in [3.8, 4) is 11.1 Å². The van der Waals surface area contributed by atoms with E-state index in [1.54, 1.807) is 30.3 Å². The normalized spacial score (nSPS) is 10.8. The van der Waals surface area contributed by atoms with E-state index in [-0.39, 0.29) is 0 Å². The Labute approximate surface area is 125 Å². The van der Waals surface area contributed by atoms with Gasteiger partial charge in [0.05, 0.1) is 5.56 Å². The van der Waals surface area contributed by atoms with Crippen molar-refractivity contribution in [1.82, 2.24) is 0 Å². The highest BCUT2D eigenvalue weighted by Gasteiger charge is 2.11. The summed E-state index contributed by atoms with van der Waals surface area (Å²) in [6, 6.07) is 14.1. The summed E-state index contributed by atoms with van der Waals surface area (Å²) in [6.07, 6.45) is 0. The zero-order chi connectivity index (χ0) is 15.0. The van der Waals surface area contributed by atoms with Crippen LogP contribution in [0.4, 0.5) is 0 Å². The minimum atomic E-state index is -0.518. The molecule has 1 aromatic heterocycles. The summed E-state index contributed by atoms with van der Waals surface area (Å²) in [6.45, 7) is 1.83. The highest BCUT2D eigenvalue weighted by molar-refractivity contribution is 6.67. The van der Waals surface area contributed by atoms with Crippen LogP contribution in [0.15, 0.2) is 57.7 Å². The van der Waals surface area contributed by atoms with Gasteiger partial charge in [-0.15, -0.1) is 0 Å². The maximum atomic E-state index is 12.1. The summed E-state index contributed by atoms with van der Waals surface area (Å²) in [5.74, 6) is 0. The van der Waals surface area contributed by atoms with Gasteiger partial charge >= 0.3 is 5.63 Å². The highest BCUT2D eigenvalue weighted by atomic mass is 35.5. The Hall–Kier alpha value is -2.39. The molecule has 0 spiro atoms. The fraction of sp³-hybridized carbons (Fsp3) is 0.0588. The van der Waals surface area contributed by atoms with Crippen LogP contribution in [0.25, 0.3) is 22.1 Å². The van der Waals surface area contributed by atoms with Gasteiger partial charge in [0, 0.05) is 10.9 Å². The van der Waals surface area contributed by atoms with E-state index < -0.39 is 10.9 Å². The first kappa shape index (κ1) is 13.6. The van der Waals surface area contributed by atoms with Crippen molar-refractivity contribution < 1.29 is 9.21 Å².